The fourth-order valence-corrected chi connectivity index (χ4v) is 5.05. The maximum atomic E-state index is 13.5. The number of aryl methyl sites for hydroxylation is 1. The Morgan fingerprint density at radius 1 is 1.12 bits per heavy atom. The van der Waals surface area contributed by atoms with Crippen LogP contribution >= 0.6 is 0 Å². The van der Waals surface area contributed by atoms with Crippen molar-refractivity contribution in [2.45, 2.75) is 33.1 Å². The van der Waals surface area contributed by atoms with Gasteiger partial charge in [-0.15, -0.1) is 5.53 Å². The number of hydrogen-bond acceptors (Lipinski definition) is 9. The molecule has 0 saturated carbocycles. The number of nitrogens with zero attached hydrogens (tertiary/aromatic N) is 4. The predicted octanol–water partition coefficient (Wildman–Crippen LogP) is 3.55. The van der Waals surface area contributed by atoms with Crippen molar-refractivity contribution < 1.29 is 17.9 Å². The maximum Gasteiger partial charge on any atom is 0.255 e. The summed E-state index contributed by atoms with van der Waals surface area (Å²) in [4.78, 5) is 19.9. The molecule has 220 valence electrons. The molecule has 1 amide bonds. The summed E-state index contributed by atoms with van der Waals surface area (Å²) in [5.74, 6) is 0.659. The van der Waals surface area contributed by atoms with Gasteiger partial charge in [0.2, 0.25) is 16.0 Å². The van der Waals surface area contributed by atoms with Crippen molar-refractivity contribution in [1.82, 2.24) is 20.5 Å². The van der Waals surface area contributed by atoms with E-state index in [9.17, 15) is 13.2 Å². The van der Waals surface area contributed by atoms with Crippen molar-refractivity contribution >= 4 is 44.6 Å². The minimum Gasteiger partial charge on any atom is -0.492 e. The highest BCUT2D eigenvalue weighted by molar-refractivity contribution is 7.92. The van der Waals surface area contributed by atoms with Gasteiger partial charge in [-0.1, -0.05) is 26.8 Å². The van der Waals surface area contributed by atoms with Crippen LogP contribution in [0.3, 0.4) is 0 Å². The fraction of sp³-hybridized carbons (Fsp3) is 0.357. The van der Waals surface area contributed by atoms with E-state index in [0.717, 1.165) is 40.4 Å². The normalized spacial score (nSPS) is 13.5. The summed E-state index contributed by atoms with van der Waals surface area (Å²) < 4.78 is 34.2. The molecule has 41 heavy (non-hydrogen) atoms. The summed E-state index contributed by atoms with van der Waals surface area (Å²) in [6, 6.07) is 8.91. The van der Waals surface area contributed by atoms with Gasteiger partial charge < -0.3 is 19.5 Å². The molecule has 4 N–H and O–H groups in total. The first kappa shape index (κ1) is 29.7. The summed E-state index contributed by atoms with van der Waals surface area (Å²) in [6.07, 6.45) is 4.76. The number of carbonyl (C=O) groups excluding carboxylic acids is 1. The molecule has 4 rings (SSSR count). The Bertz CT molecular complexity index is 1620. The molecule has 0 bridgehead atoms. The standard InChI is InChI=1S/C28H38N8O4S/c1-17-10-11-18(12-23(17)36-16-22(31-33-36)24-15-29-27(34(5)6)35(24)7)26(37)30-20-13-19(28(2,3)4)14-21(25(20)40-8)32-41(9,38)39/h10-16,31-33H,1-9H3,(H,30,37). The topological polar surface area (TPSA) is 133 Å². The predicted molar refractivity (Wildman–Crippen MR) is 164 cm³/mol. The second kappa shape index (κ2) is 11.0. The average molecular weight is 583 g/mol. The van der Waals surface area contributed by atoms with Gasteiger partial charge in [0, 0.05) is 26.7 Å². The zero-order valence-electron chi connectivity index (χ0n) is 24.9. The number of rotatable bonds is 8. The number of nitrogens with one attached hydrogen (secondary N) is 4. The van der Waals surface area contributed by atoms with Crippen LogP contribution in [0.1, 0.15) is 48.0 Å². The molecule has 1 aromatic heterocycles. The van der Waals surface area contributed by atoms with Crippen LogP contribution in [-0.2, 0) is 22.5 Å². The molecule has 0 spiro atoms. The van der Waals surface area contributed by atoms with E-state index in [2.05, 4.69) is 26.0 Å². The molecule has 1 aliphatic heterocycles. The summed E-state index contributed by atoms with van der Waals surface area (Å²) in [7, 11) is 3.65. The van der Waals surface area contributed by atoms with E-state index in [0.29, 0.717) is 11.3 Å². The lowest BCUT2D eigenvalue weighted by Gasteiger charge is -2.24. The van der Waals surface area contributed by atoms with E-state index in [1.807, 2.05) is 70.6 Å². The van der Waals surface area contributed by atoms with Crippen LogP contribution in [0.25, 0.3) is 5.70 Å². The van der Waals surface area contributed by atoms with E-state index in [1.165, 1.54) is 7.11 Å². The van der Waals surface area contributed by atoms with Gasteiger partial charge in [-0.3, -0.25) is 20.0 Å². The molecule has 12 nitrogen and oxygen atoms in total. The molecule has 0 unspecified atom stereocenters. The quantitative estimate of drug-likeness (QED) is 0.315. The van der Waals surface area contributed by atoms with Crippen molar-refractivity contribution in [2.75, 3.05) is 47.4 Å². The third-order valence-electron chi connectivity index (χ3n) is 6.64. The Morgan fingerprint density at radius 2 is 1.80 bits per heavy atom. The molecule has 0 saturated heterocycles. The van der Waals surface area contributed by atoms with E-state index in [-0.39, 0.29) is 22.8 Å². The first-order valence-electron chi connectivity index (χ1n) is 12.9. The number of sulfonamides is 1. The van der Waals surface area contributed by atoms with E-state index >= 15 is 0 Å². The van der Waals surface area contributed by atoms with Crippen LogP contribution in [0.4, 0.5) is 23.0 Å². The van der Waals surface area contributed by atoms with E-state index in [1.54, 1.807) is 35.5 Å². The Morgan fingerprint density at radius 3 is 2.39 bits per heavy atom. The van der Waals surface area contributed by atoms with Gasteiger partial charge in [-0.05, 0) is 47.7 Å². The smallest absolute Gasteiger partial charge is 0.255 e. The van der Waals surface area contributed by atoms with E-state index < -0.39 is 10.0 Å². The van der Waals surface area contributed by atoms with Crippen LogP contribution in [0.15, 0.2) is 42.7 Å². The fourth-order valence-electron chi connectivity index (χ4n) is 4.49. The second-order valence-corrected chi connectivity index (χ2v) is 13.0. The molecule has 2 aromatic carbocycles. The highest BCUT2D eigenvalue weighted by atomic mass is 32.2. The van der Waals surface area contributed by atoms with Gasteiger partial charge in [0.1, 0.15) is 0 Å². The van der Waals surface area contributed by atoms with Crippen molar-refractivity contribution in [3.8, 4) is 5.75 Å². The number of hydrazine groups is 2. The van der Waals surface area contributed by atoms with Crippen molar-refractivity contribution in [1.29, 1.82) is 0 Å². The SMILES string of the molecule is COc1c(NC(=O)c2ccc(C)c(N3C=C(c4cnc(N(C)C)n4C)NN3)c2)cc(C(C)(C)C)cc1NS(C)(=O)=O. The number of carbonyl (C=O) groups is 1. The van der Waals surface area contributed by atoms with Crippen LogP contribution in [0.2, 0.25) is 0 Å². The summed E-state index contributed by atoms with van der Waals surface area (Å²) in [5.41, 5.74) is 11.2. The third-order valence-corrected chi connectivity index (χ3v) is 7.23. The number of ether oxygens (including phenoxy) is 1. The van der Waals surface area contributed by atoms with Crippen molar-refractivity contribution in [3.63, 3.8) is 0 Å². The Balaban J connectivity index is 1.66. The first-order valence-corrected chi connectivity index (χ1v) is 14.8. The lowest BCUT2D eigenvalue weighted by molar-refractivity contribution is 0.102. The molecule has 0 radical (unpaired) electrons. The number of aromatic nitrogens is 2. The molecule has 0 atom stereocenters. The number of benzene rings is 2. The maximum absolute atomic E-state index is 13.5. The lowest BCUT2D eigenvalue weighted by atomic mass is 9.86. The number of imidazole rings is 1. The van der Waals surface area contributed by atoms with Gasteiger partial charge in [-0.25, -0.2) is 13.4 Å². The molecule has 2 heterocycles. The van der Waals surface area contributed by atoms with Gasteiger partial charge in [0.05, 0.1) is 54.2 Å². The average Bonchev–Trinajstić information content (AvgIpc) is 3.49. The number of methoxy groups -OCH3 is 1. The molecule has 0 fully saturated rings. The highest BCUT2D eigenvalue weighted by Crippen LogP contribution is 2.39. The molecular weight excluding hydrogens is 544 g/mol. The van der Waals surface area contributed by atoms with Crippen LogP contribution in [0.5, 0.6) is 5.75 Å². The minimum atomic E-state index is -3.59. The summed E-state index contributed by atoms with van der Waals surface area (Å²) in [6.45, 7) is 7.96. The van der Waals surface area contributed by atoms with Gasteiger partial charge >= 0.3 is 0 Å². The number of amides is 1. The van der Waals surface area contributed by atoms with Gasteiger partial charge in [-0.2, -0.15) is 0 Å². The van der Waals surface area contributed by atoms with Gasteiger partial charge in [0.15, 0.2) is 5.75 Å². The lowest BCUT2D eigenvalue weighted by Crippen LogP contribution is -2.36. The van der Waals surface area contributed by atoms with Crippen LogP contribution in [0, 0.1) is 6.92 Å². The zero-order valence-corrected chi connectivity index (χ0v) is 25.7. The van der Waals surface area contributed by atoms with Crippen LogP contribution in [-0.4, -0.2) is 51.3 Å². The Labute approximate surface area is 241 Å². The van der Waals surface area contributed by atoms with Crippen molar-refractivity contribution in [3.05, 3.63) is 65.1 Å². The number of anilines is 4. The van der Waals surface area contributed by atoms with Crippen molar-refractivity contribution in [2.24, 2.45) is 7.05 Å². The molecule has 13 heteroatoms. The molecule has 1 aliphatic rings. The van der Waals surface area contributed by atoms with Gasteiger partial charge in [0.25, 0.3) is 5.91 Å². The Hall–Kier alpha value is -4.23. The minimum absolute atomic E-state index is 0.218. The van der Waals surface area contributed by atoms with E-state index in [4.69, 9.17) is 4.74 Å². The number of hydrogen-bond donors (Lipinski definition) is 4. The monoisotopic (exact) mass is 582 g/mol. The molecule has 0 aliphatic carbocycles. The largest absolute Gasteiger partial charge is 0.492 e. The molecular formula is C28H38N8O4S. The Kier molecular flexibility index (Phi) is 7.96. The summed E-state index contributed by atoms with van der Waals surface area (Å²) in [5, 5.41) is 4.73. The zero-order chi connectivity index (χ0) is 30.3. The highest BCUT2D eigenvalue weighted by Gasteiger charge is 2.24. The molecule has 3 aromatic rings. The summed E-state index contributed by atoms with van der Waals surface area (Å²) >= 11 is 0. The third kappa shape index (κ3) is 6.41. The second-order valence-electron chi connectivity index (χ2n) is 11.2. The first-order chi connectivity index (χ1) is 19.1. The van der Waals surface area contributed by atoms with Crippen LogP contribution < -0.4 is 35.6 Å².